The predicted molar refractivity (Wildman–Crippen MR) is 50.1 cm³/mol. The van der Waals surface area contributed by atoms with Crippen LogP contribution in [-0.2, 0) is 19.8 Å². The zero-order chi connectivity index (χ0) is 11.0. The Balaban J connectivity index is 0.000000364. The Morgan fingerprint density at radius 2 is 2.00 bits per heavy atom. The Hall–Kier alpha value is -1.08. The summed E-state index contributed by atoms with van der Waals surface area (Å²) in [4.78, 5) is 11.4. The van der Waals surface area contributed by atoms with Crippen LogP contribution in [0, 0.1) is 0 Å². The standard InChI is InChI=1S/C7H6O3.C3H5.Mo/c8-6-4-2-1-3-5(6)7(9)10;1-3-2;/h1-4,8H,(H,9,10);3H,1-2H2;. The molecule has 0 amide bonds. The van der Waals surface area contributed by atoms with E-state index in [1.165, 1.54) is 12.1 Å². The second-order valence-corrected chi connectivity index (χ2v) is 3.10. The van der Waals surface area contributed by atoms with Crippen molar-refractivity contribution < 1.29 is 34.8 Å². The van der Waals surface area contributed by atoms with Gasteiger partial charge in [-0.05, 0) is 12.1 Å². The van der Waals surface area contributed by atoms with Gasteiger partial charge in [0.05, 0.1) is 0 Å². The van der Waals surface area contributed by atoms with Crippen molar-refractivity contribution in [3.05, 3.63) is 42.5 Å². The Kier molecular flexibility index (Phi) is 6.77. The van der Waals surface area contributed by atoms with Crippen LogP contribution < -0.4 is 0 Å². The first-order valence-corrected chi connectivity index (χ1v) is 5.25. The molecule has 0 aromatic heterocycles. The number of phenols is 1. The van der Waals surface area contributed by atoms with Gasteiger partial charge < -0.3 is 10.2 Å². The molecule has 0 fully saturated rings. The zero-order valence-corrected chi connectivity index (χ0v) is 9.52. The second kappa shape index (κ2) is 7.33. The largest absolute Gasteiger partial charge is 0.507 e. The summed E-state index contributed by atoms with van der Waals surface area (Å²) >= 11 is 2.01. The number of allylic oxidation sites excluding steroid dienone is 1. The maximum atomic E-state index is 10.3. The van der Waals surface area contributed by atoms with Crippen molar-refractivity contribution in [2.45, 2.75) is 4.81 Å². The van der Waals surface area contributed by atoms with Gasteiger partial charge in [-0.1, -0.05) is 12.1 Å². The topological polar surface area (TPSA) is 57.5 Å². The molecule has 0 aliphatic carbocycles. The third kappa shape index (κ3) is 4.83. The van der Waals surface area contributed by atoms with Crippen LogP contribution in [0.5, 0.6) is 5.75 Å². The molecule has 0 heterocycles. The number of carboxylic acid groups (broad SMARTS) is 1. The first kappa shape index (κ1) is 12.9. The quantitative estimate of drug-likeness (QED) is 0.642. The van der Waals surface area contributed by atoms with Crippen molar-refractivity contribution in [1.82, 2.24) is 0 Å². The normalized spacial score (nSPS) is 8.29. The van der Waals surface area contributed by atoms with Gasteiger partial charge in [0.25, 0.3) is 0 Å². The van der Waals surface area contributed by atoms with E-state index < -0.39 is 5.97 Å². The zero-order valence-electron chi connectivity index (χ0n) is 7.51. The third-order valence-corrected chi connectivity index (χ3v) is 1.83. The molecule has 1 aromatic carbocycles. The van der Waals surface area contributed by atoms with E-state index in [1.54, 1.807) is 12.1 Å². The van der Waals surface area contributed by atoms with E-state index >= 15 is 0 Å². The maximum absolute atomic E-state index is 10.3. The molecule has 14 heavy (non-hydrogen) atoms. The van der Waals surface area contributed by atoms with Gasteiger partial charge >= 0.3 is 43.2 Å². The Morgan fingerprint density at radius 1 is 1.50 bits per heavy atom. The van der Waals surface area contributed by atoms with E-state index in [1.807, 2.05) is 25.9 Å². The van der Waals surface area contributed by atoms with Gasteiger partial charge in [0.1, 0.15) is 11.3 Å². The van der Waals surface area contributed by atoms with Gasteiger partial charge in [-0.2, -0.15) is 0 Å². The number of carbonyl (C=O) groups is 1. The molecule has 0 saturated carbocycles. The molecule has 0 aliphatic rings. The summed E-state index contributed by atoms with van der Waals surface area (Å²) in [6.45, 7) is 3.48. The summed E-state index contributed by atoms with van der Waals surface area (Å²) in [6, 6.07) is 5.81. The molecule has 0 unspecified atom stereocenters. The van der Waals surface area contributed by atoms with Crippen LogP contribution in [0.25, 0.3) is 0 Å². The van der Waals surface area contributed by atoms with E-state index in [0.717, 1.165) is 4.81 Å². The maximum Gasteiger partial charge on any atom is 0.339 e. The second-order valence-electron chi connectivity index (χ2n) is 2.28. The number of para-hydroxylation sites is 1. The van der Waals surface area contributed by atoms with Crippen molar-refractivity contribution in [3.63, 3.8) is 0 Å². The summed E-state index contributed by atoms with van der Waals surface area (Å²) < 4.78 is 0. The fraction of sp³-hybridized carbons (Fsp3) is 0.100. The molecule has 0 spiro atoms. The van der Waals surface area contributed by atoms with Crippen molar-refractivity contribution in [2.24, 2.45) is 0 Å². The molecule has 0 atom stereocenters. The summed E-state index contributed by atoms with van der Waals surface area (Å²) in [6.07, 6.45) is 1.88. The molecular weight excluding hydrogens is 264 g/mol. The smallest absolute Gasteiger partial charge is 0.339 e. The van der Waals surface area contributed by atoms with Crippen LogP contribution in [0.3, 0.4) is 0 Å². The van der Waals surface area contributed by atoms with Crippen molar-refractivity contribution in [1.29, 1.82) is 0 Å². The Bertz CT molecular complexity index is 310. The molecular formula is C10H11MoO3. The summed E-state index contributed by atoms with van der Waals surface area (Å²) in [5, 5.41) is 17.3. The molecule has 0 bridgehead atoms. The van der Waals surface area contributed by atoms with Gasteiger partial charge in [-0.3, -0.25) is 0 Å². The van der Waals surface area contributed by atoms with Crippen molar-refractivity contribution in [3.8, 4) is 5.75 Å². The number of aromatic hydroxyl groups is 1. The minimum absolute atomic E-state index is 0.0671. The van der Waals surface area contributed by atoms with Crippen molar-refractivity contribution in [2.75, 3.05) is 0 Å². The van der Waals surface area contributed by atoms with E-state index in [9.17, 15) is 4.79 Å². The van der Waals surface area contributed by atoms with Gasteiger partial charge in [0.2, 0.25) is 0 Å². The number of rotatable bonds is 2. The average Bonchev–Trinajstić information content (AvgIpc) is 2.18. The average molecular weight is 275 g/mol. The summed E-state index contributed by atoms with van der Waals surface area (Å²) in [7, 11) is 0. The minimum atomic E-state index is -1.11. The van der Waals surface area contributed by atoms with E-state index in [4.69, 9.17) is 10.2 Å². The number of aromatic carboxylic acids is 1. The molecule has 0 aliphatic heterocycles. The van der Waals surface area contributed by atoms with Gasteiger partial charge in [-0.15, -0.1) is 0 Å². The van der Waals surface area contributed by atoms with E-state index in [0.29, 0.717) is 0 Å². The van der Waals surface area contributed by atoms with Crippen molar-refractivity contribution >= 4 is 5.97 Å². The summed E-state index contributed by atoms with van der Waals surface area (Å²) in [5.74, 6) is -1.31. The summed E-state index contributed by atoms with van der Waals surface area (Å²) in [5.41, 5.74) is -0.0671. The number of hydrogen-bond donors (Lipinski definition) is 2. The molecule has 0 saturated heterocycles. The SMILES string of the molecule is C=C[CH2][Mo].O=C(O)c1ccccc1O. The van der Waals surface area contributed by atoms with Crippen LogP contribution in [0.2, 0.25) is 4.81 Å². The van der Waals surface area contributed by atoms with Gasteiger partial charge in [-0.25, -0.2) is 4.79 Å². The molecule has 4 heteroatoms. The molecule has 2 N–H and O–H groups in total. The van der Waals surface area contributed by atoms with Crippen LogP contribution >= 0.6 is 0 Å². The molecule has 1 aromatic rings. The van der Waals surface area contributed by atoms with Crippen LogP contribution in [0.15, 0.2) is 36.9 Å². The van der Waals surface area contributed by atoms with E-state index in [-0.39, 0.29) is 11.3 Å². The first-order valence-electron chi connectivity index (χ1n) is 3.83. The fourth-order valence-corrected chi connectivity index (χ4v) is 0.654. The van der Waals surface area contributed by atoms with Gasteiger partial charge in [0, 0.05) is 0 Å². The molecule has 3 nitrogen and oxygen atoms in total. The molecule has 75 valence electrons. The van der Waals surface area contributed by atoms with Gasteiger partial charge in [0.15, 0.2) is 0 Å². The first-order chi connectivity index (χ1) is 6.63. The molecule has 0 radical (unpaired) electrons. The van der Waals surface area contributed by atoms with Crippen LogP contribution in [0.4, 0.5) is 0 Å². The number of benzene rings is 1. The molecule has 1 rings (SSSR count). The predicted octanol–water partition coefficient (Wildman–Crippen LogP) is 2.23. The number of hydrogen-bond acceptors (Lipinski definition) is 2. The van der Waals surface area contributed by atoms with Crippen LogP contribution in [-0.4, -0.2) is 16.2 Å². The van der Waals surface area contributed by atoms with Crippen LogP contribution in [0.1, 0.15) is 10.4 Å². The Labute approximate surface area is 94.0 Å². The third-order valence-electron chi connectivity index (χ3n) is 1.25. The number of carboxylic acids is 1. The Morgan fingerprint density at radius 3 is 2.29 bits per heavy atom. The van der Waals surface area contributed by atoms with E-state index in [2.05, 4.69) is 6.58 Å². The monoisotopic (exact) mass is 277 g/mol. The minimum Gasteiger partial charge on any atom is -0.507 e. The fourth-order valence-electron chi connectivity index (χ4n) is 0.654.